The van der Waals surface area contributed by atoms with Crippen molar-refractivity contribution < 1.29 is 9.53 Å². The molecule has 20 heavy (non-hydrogen) atoms. The minimum atomic E-state index is -0.435. The molecule has 0 saturated heterocycles. The van der Waals surface area contributed by atoms with Gasteiger partial charge in [0, 0.05) is 13.1 Å². The van der Waals surface area contributed by atoms with Crippen LogP contribution in [-0.2, 0) is 11.2 Å². The molecule has 0 fully saturated rings. The first-order valence-corrected chi connectivity index (χ1v) is 6.97. The summed E-state index contributed by atoms with van der Waals surface area (Å²) < 4.78 is 5.33. The Hall–Kier alpha value is -1.62. The highest BCUT2D eigenvalue weighted by atomic mass is 32.1. The Morgan fingerprint density at radius 2 is 2.00 bits per heavy atom. The van der Waals surface area contributed by atoms with E-state index in [2.05, 4.69) is 0 Å². The smallest absolute Gasteiger partial charge is 0.232 e. The zero-order valence-corrected chi connectivity index (χ0v) is 13.2. The van der Waals surface area contributed by atoms with E-state index in [1.807, 2.05) is 31.2 Å². The lowest BCUT2D eigenvalue weighted by molar-refractivity contribution is -0.133. The number of para-hydroxylation sites is 1. The highest BCUT2D eigenvalue weighted by molar-refractivity contribution is 7.80. The molecule has 0 aliphatic rings. The maximum absolute atomic E-state index is 12.2. The topological polar surface area (TPSA) is 55.6 Å². The van der Waals surface area contributed by atoms with Crippen LogP contribution in [0, 0.1) is 5.92 Å². The molecule has 1 aromatic carbocycles. The van der Waals surface area contributed by atoms with E-state index in [-0.39, 0.29) is 16.9 Å². The van der Waals surface area contributed by atoms with E-state index in [4.69, 9.17) is 22.7 Å². The van der Waals surface area contributed by atoms with Crippen LogP contribution < -0.4 is 10.5 Å². The number of benzene rings is 1. The summed E-state index contributed by atoms with van der Waals surface area (Å²) in [6.45, 7) is 3.73. The molecule has 0 radical (unpaired) electrons. The Bertz CT molecular complexity index is 491. The molecule has 1 rings (SSSR count). The number of carbonyl (C=O) groups is 1. The molecule has 0 aromatic heterocycles. The molecule has 2 atom stereocenters. The molecule has 5 heteroatoms. The SMILES string of the molecule is COc1ccccc1CC(C)N(C)C(=O)C(C)C(N)=S. The van der Waals surface area contributed by atoms with Crippen LogP contribution in [0.5, 0.6) is 5.75 Å². The molecule has 0 heterocycles. The number of likely N-dealkylation sites (N-methyl/N-ethyl adjacent to an activating group) is 1. The minimum absolute atomic E-state index is 0.0376. The second kappa shape index (κ2) is 7.24. The number of thiocarbonyl (C=S) groups is 1. The van der Waals surface area contributed by atoms with Crippen molar-refractivity contribution in [2.75, 3.05) is 14.2 Å². The number of carbonyl (C=O) groups excluding carboxylic acids is 1. The summed E-state index contributed by atoms with van der Waals surface area (Å²) in [6.07, 6.45) is 0.719. The van der Waals surface area contributed by atoms with Crippen LogP contribution in [0.3, 0.4) is 0 Å². The van der Waals surface area contributed by atoms with Gasteiger partial charge in [-0.1, -0.05) is 30.4 Å². The summed E-state index contributed by atoms with van der Waals surface area (Å²) in [4.78, 5) is 14.1. The monoisotopic (exact) mass is 294 g/mol. The molecule has 0 aliphatic carbocycles. The zero-order valence-electron chi connectivity index (χ0n) is 12.4. The lowest BCUT2D eigenvalue weighted by Crippen LogP contribution is -2.43. The molecule has 2 N–H and O–H groups in total. The van der Waals surface area contributed by atoms with Gasteiger partial charge in [0.15, 0.2) is 0 Å². The molecule has 1 aromatic rings. The predicted octanol–water partition coefficient (Wildman–Crippen LogP) is 2.01. The Labute approximate surface area is 125 Å². The average molecular weight is 294 g/mol. The summed E-state index contributed by atoms with van der Waals surface area (Å²) in [7, 11) is 3.42. The number of hydrogen-bond acceptors (Lipinski definition) is 3. The second-order valence-electron chi connectivity index (χ2n) is 4.94. The molecule has 0 spiro atoms. The van der Waals surface area contributed by atoms with Crippen molar-refractivity contribution in [1.29, 1.82) is 0 Å². The third-order valence-electron chi connectivity index (χ3n) is 3.51. The summed E-state index contributed by atoms with van der Waals surface area (Å²) in [5.41, 5.74) is 6.61. The fourth-order valence-corrected chi connectivity index (χ4v) is 2.07. The van der Waals surface area contributed by atoms with Crippen LogP contribution in [0.4, 0.5) is 0 Å². The van der Waals surface area contributed by atoms with Gasteiger partial charge in [-0.3, -0.25) is 4.79 Å². The van der Waals surface area contributed by atoms with Crippen molar-refractivity contribution in [2.24, 2.45) is 11.7 Å². The number of amides is 1. The molecule has 4 nitrogen and oxygen atoms in total. The number of rotatable bonds is 6. The number of nitrogens with two attached hydrogens (primary N) is 1. The second-order valence-corrected chi connectivity index (χ2v) is 5.41. The van der Waals surface area contributed by atoms with Gasteiger partial charge in [-0.05, 0) is 31.9 Å². The average Bonchev–Trinajstić information content (AvgIpc) is 2.45. The zero-order chi connectivity index (χ0) is 15.3. The van der Waals surface area contributed by atoms with Crippen molar-refractivity contribution in [1.82, 2.24) is 4.90 Å². The van der Waals surface area contributed by atoms with E-state index < -0.39 is 5.92 Å². The van der Waals surface area contributed by atoms with Gasteiger partial charge in [0.2, 0.25) is 5.91 Å². The molecule has 110 valence electrons. The van der Waals surface area contributed by atoms with Gasteiger partial charge in [0.05, 0.1) is 18.0 Å². The van der Waals surface area contributed by atoms with Crippen molar-refractivity contribution >= 4 is 23.1 Å². The Morgan fingerprint density at radius 1 is 1.40 bits per heavy atom. The third-order valence-corrected chi connectivity index (χ3v) is 3.87. The molecular weight excluding hydrogens is 272 g/mol. The van der Waals surface area contributed by atoms with Crippen LogP contribution >= 0.6 is 12.2 Å². The Morgan fingerprint density at radius 3 is 2.55 bits per heavy atom. The molecule has 0 saturated carbocycles. The van der Waals surface area contributed by atoms with Gasteiger partial charge in [0.25, 0.3) is 0 Å². The van der Waals surface area contributed by atoms with Crippen LogP contribution in [-0.4, -0.2) is 36.0 Å². The minimum Gasteiger partial charge on any atom is -0.496 e. The van der Waals surface area contributed by atoms with E-state index in [9.17, 15) is 4.79 Å². The van der Waals surface area contributed by atoms with E-state index in [1.54, 1.807) is 26.0 Å². The first-order chi connectivity index (χ1) is 9.38. The van der Waals surface area contributed by atoms with Gasteiger partial charge in [0.1, 0.15) is 5.75 Å². The Balaban J connectivity index is 2.77. The fourth-order valence-electron chi connectivity index (χ4n) is 1.97. The van der Waals surface area contributed by atoms with E-state index in [1.165, 1.54) is 0 Å². The normalized spacial score (nSPS) is 13.4. The van der Waals surface area contributed by atoms with Gasteiger partial charge < -0.3 is 15.4 Å². The maximum atomic E-state index is 12.2. The first kappa shape index (κ1) is 16.4. The van der Waals surface area contributed by atoms with E-state index in [0.29, 0.717) is 0 Å². The predicted molar refractivity (Wildman–Crippen MR) is 84.9 cm³/mol. The standard InChI is InChI=1S/C15H22N2O2S/c1-10(17(3)15(18)11(2)14(16)20)9-12-7-5-6-8-13(12)19-4/h5-8,10-11H,9H2,1-4H3,(H2,16,20). The number of methoxy groups -OCH3 is 1. The highest BCUT2D eigenvalue weighted by Crippen LogP contribution is 2.20. The van der Waals surface area contributed by atoms with Crippen molar-refractivity contribution in [3.8, 4) is 5.75 Å². The van der Waals surface area contributed by atoms with Crippen molar-refractivity contribution in [2.45, 2.75) is 26.3 Å². The first-order valence-electron chi connectivity index (χ1n) is 6.56. The van der Waals surface area contributed by atoms with Crippen molar-refractivity contribution in [3.05, 3.63) is 29.8 Å². The molecule has 0 bridgehead atoms. The molecular formula is C15H22N2O2S. The fraction of sp³-hybridized carbons (Fsp3) is 0.467. The lowest BCUT2D eigenvalue weighted by atomic mass is 10.0. The summed E-state index contributed by atoms with van der Waals surface area (Å²) in [5, 5.41) is 0. The van der Waals surface area contributed by atoms with Crippen LogP contribution in [0.15, 0.2) is 24.3 Å². The summed E-state index contributed by atoms with van der Waals surface area (Å²) in [5.74, 6) is 0.345. The third kappa shape index (κ3) is 3.93. The molecule has 0 aliphatic heterocycles. The largest absolute Gasteiger partial charge is 0.496 e. The van der Waals surface area contributed by atoms with Gasteiger partial charge in [-0.2, -0.15) is 0 Å². The molecule has 2 unspecified atom stereocenters. The summed E-state index contributed by atoms with van der Waals surface area (Å²) in [6, 6.07) is 7.85. The van der Waals surface area contributed by atoms with Crippen LogP contribution in [0.1, 0.15) is 19.4 Å². The van der Waals surface area contributed by atoms with Gasteiger partial charge >= 0.3 is 0 Å². The summed E-state index contributed by atoms with van der Waals surface area (Å²) >= 11 is 4.88. The quantitative estimate of drug-likeness (QED) is 0.815. The van der Waals surface area contributed by atoms with Gasteiger partial charge in [-0.25, -0.2) is 0 Å². The van der Waals surface area contributed by atoms with E-state index >= 15 is 0 Å². The number of hydrogen-bond donors (Lipinski definition) is 1. The van der Waals surface area contributed by atoms with E-state index in [0.717, 1.165) is 17.7 Å². The van der Waals surface area contributed by atoms with Gasteiger partial charge in [-0.15, -0.1) is 0 Å². The highest BCUT2D eigenvalue weighted by Gasteiger charge is 2.23. The maximum Gasteiger partial charge on any atom is 0.232 e. The Kier molecular flexibility index (Phi) is 5.95. The van der Waals surface area contributed by atoms with Crippen LogP contribution in [0.2, 0.25) is 0 Å². The number of ether oxygens (including phenoxy) is 1. The lowest BCUT2D eigenvalue weighted by Gasteiger charge is -2.28. The number of nitrogens with zero attached hydrogens (tertiary/aromatic N) is 1. The molecule has 1 amide bonds. The van der Waals surface area contributed by atoms with Crippen LogP contribution in [0.25, 0.3) is 0 Å². The van der Waals surface area contributed by atoms with Crippen molar-refractivity contribution in [3.63, 3.8) is 0 Å².